The molecule has 0 saturated carbocycles. The summed E-state index contributed by atoms with van der Waals surface area (Å²) < 4.78 is 0. The van der Waals surface area contributed by atoms with Crippen LogP contribution < -0.4 is 10.6 Å². The van der Waals surface area contributed by atoms with Crippen molar-refractivity contribution in [3.05, 3.63) is 32.7 Å². The van der Waals surface area contributed by atoms with E-state index in [1.807, 2.05) is 5.38 Å². The third kappa shape index (κ3) is 4.28. The maximum atomic E-state index is 11.5. The van der Waals surface area contributed by atoms with Gasteiger partial charge >= 0.3 is 12.0 Å². The Kier molecular flexibility index (Phi) is 5.02. The molecule has 0 atom stereocenters. The van der Waals surface area contributed by atoms with Crippen LogP contribution in [0.3, 0.4) is 0 Å². The number of carbonyl (C=O) groups is 2. The van der Waals surface area contributed by atoms with Gasteiger partial charge in [-0.25, -0.2) is 19.6 Å². The molecule has 0 saturated heterocycles. The van der Waals surface area contributed by atoms with Gasteiger partial charge in [-0.2, -0.15) is 0 Å². The van der Waals surface area contributed by atoms with E-state index >= 15 is 0 Å². The lowest BCUT2D eigenvalue weighted by molar-refractivity contribution is 0.0691. The highest BCUT2D eigenvalue weighted by atomic mass is 32.1. The van der Waals surface area contributed by atoms with Gasteiger partial charge in [-0.1, -0.05) is 0 Å². The van der Waals surface area contributed by atoms with Crippen molar-refractivity contribution in [3.63, 3.8) is 0 Å². The van der Waals surface area contributed by atoms with E-state index in [2.05, 4.69) is 20.6 Å². The van der Waals surface area contributed by atoms with Gasteiger partial charge < -0.3 is 15.7 Å². The first-order chi connectivity index (χ1) is 9.65. The number of nitrogens with zero attached hydrogens (tertiary/aromatic N) is 2. The zero-order valence-corrected chi connectivity index (χ0v) is 12.0. The van der Waals surface area contributed by atoms with Gasteiger partial charge in [0.25, 0.3) is 0 Å². The molecule has 0 aliphatic heterocycles. The summed E-state index contributed by atoms with van der Waals surface area (Å²) in [6, 6.07) is -0.311. The van der Waals surface area contributed by atoms with Crippen LogP contribution in [0.25, 0.3) is 0 Å². The van der Waals surface area contributed by atoms with Gasteiger partial charge in [-0.15, -0.1) is 22.7 Å². The van der Waals surface area contributed by atoms with Crippen LogP contribution >= 0.6 is 22.7 Å². The van der Waals surface area contributed by atoms with Crippen LogP contribution in [0.5, 0.6) is 0 Å². The Hall–Kier alpha value is -2.00. The molecule has 3 N–H and O–H groups in total. The van der Waals surface area contributed by atoms with Crippen molar-refractivity contribution in [1.29, 1.82) is 0 Å². The first-order valence-electron chi connectivity index (χ1n) is 5.73. The first kappa shape index (κ1) is 14.4. The second-order valence-electron chi connectivity index (χ2n) is 3.72. The number of hydrogen-bond donors (Lipinski definition) is 3. The molecule has 0 aliphatic carbocycles. The van der Waals surface area contributed by atoms with Crippen molar-refractivity contribution < 1.29 is 14.7 Å². The number of rotatable bonds is 6. The van der Waals surface area contributed by atoms with Gasteiger partial charge in [0.2, 0.25) is 0 Å². The van der Waals surface area contributed by atoms with Crippen LogP contribution in [-0.4, -0.2) is 33.6 Å². The fourth-order valence-electron chi connectivity index (χ4n) is 1.37. The quantitative estimate of drug-likeness (QED) is 0.746. The topological polar surface area (TPSA) is 104 Å². The summed E-state index contributed by atoms with van der Waals surface area (Å²) in [6.07, 6.45) is 2.41. The molecule has 0 spiro atoms. The summed E-state index contributed by atoms with van der Waals surface area (Å²) in [5.41, 5.74) is -0.00372. The minimum Gasteiger partial charge on any atom is -0.476 e. The molecule has 2 aromatic heterocycles. The molecular weight excluding hydrogens is 300 g/mol. The van der Waals surface area contributed by atoms with E-state index in [0.29, 0.717) is 18.0 Å². The van der Waals surface area contributed by atoms with Gasteiger partial charge in [0.05, 0.1) is 11.6 Å². The maximum Gasteiger partial charge on any atom is 0.355 e. The van der Waals surface area contributed by atoms with E-state index in [1.165, 1.54) is 16.7 Å². The lowest BCUT2D eigenvalue weighted by atomic mass is 10.4. The molecule has 0 unspecified atom stereocenters. The lowest BCUT2D eigenvalue weighted by Gasteiger charge is -2.04. The maximum absolute atomic E-state index is 11.5. The Labute approximate surface area is 122 Å². The van der Waals surface area contributed by atoms with E-state index in [1.54, 1.807) is 17.5 Å². The molecule has 20 heavy (non-hydrogen) atoms. The Morgan fingerprint density at radius 3 is 2.75 bits per heavy atom. The molecule has 2 amide bonds. The molecule has 0 radical (unpaired) electrons. The van der Waals surface area contributed by atoms with E-state index in [0.717, 1.165) is 5.01 Å². The number of nitrogens with one attached hydrogen (secondary N) is 2. The molecule has 106 valence electrons. The summed E-state index contributed by atoms with van der Waals surface area (Å²) in [5, 5.41) is 18.9. The number of aromatic carboxylic acids is 1. The minimum atomic E-state index is -1.07. The standard InChI is InChI=1S/C11H12N4O3S2/c16-10(17)7-6-20-9(15-7)5-14-11(18)13-2-1-8-12-3-4-19-8/h3-4,6H,1-2,5H2,(H,16,17)(H2,13,14,18). The average Bonchev–Trinajstić information content (AvgIpc) is 3.07. The smallest absolute Gasteiger partial charge is 0.355 e. The second-order valence-corrected chi connectivity index (χ2v) is 5.64. The summed E-state index contributed by atoms with van der Waals surface area (Å²) in [6.45, 7) is 0.707. The largest absolute Gasteiger partial charge is 0.476 e. The number of carboxylic acid groups (broad SMARTS) is 1. The van der Waals surface area contributed by atoms with Crippen LogP contribution in [0.2, 0.25) is 0 Å². The zero-order valence-electron chi connectivity index (χ0n) is 10.3. The molecule has 9 heteroatoms. The highest BCUT2D eigenvalue weighted by Gasteiger charge is 2.09. The Morgan fingerprint density at radius 1 is 1.25 bits per heavy atom. The van der Waals surface area contributed by atoms with Crippen molar-refractivity contribution >= 4 is 34.7 Å². The van der Waals surface area contributed by atoms with Gasteiger partial charge in [0.1, 0.15) is 5.01 Å². The highest BCUT2D eigenvalue weighted by Crippen LogP contribution is 2.09. The summed E-state index contributed by atoms with van der Waals surface area (Å²) in [5.74, 6) is -1.07. The van der Waals surface area contributed by atoms with E-state index in [9.17, 15) is 9.59 Å². The SMILES string of the molecule is O=C(NCCc1nccs1)NCc1nc(C(=O)O)cs1. The third-order valence-corrected chi connectivity index (χ3v) is 3.97. The molecule has 0 fully saturated rings. The molecule has 0 aliphatic rings. The van der Waals surface area contributed by atoms with Crippen LogP contribution in [0.1, 0.15) is 20.5 Å². The van der Waals surface area contributed by atoms with Crippen molar-refractivity contribution in [3.8, 4) is 0 Å². The number of carboxylic acids is 1. The fourth-order valence-corrected chi connectivity index (χ4v) is 2.70. The molecule has 2 rings (SSSR count). The average molecular weight is 312 g/mol. The van der Waals surface area contributed by atoms with Crippen molar-refractivity contribution in [2.45, 2.75) is 13.0 Å². The molecule has 2 heterocycles. The Morgan fingerprint density at radius 2 is 2.10 bits per heavy atom. The normalized spacial score (nSPS) is 10.2. The Balaban J connectivity index is 1.67. The number of carbonyl (C=O) groups excluding carboxylic acids is 1. The first-order valence-corrected chi connectivity index (χ1v) is 7.49. The van der Waals surface area contributed by atoms with Crippen LogP contribution in [-0.2, 0) is 13.0 Å². The predicted octanol–water partition coefficient (Wildman–Crippen LogP) is 1.34. The molecule has 0 bridgehead atoms. The van der Waals surface area contributed by atoms with Gasteiger partial charge in [0.15, 0.2) is 5.69 Å². The molecular formula is C11H12N4O3S2. The summed E-state index contributed by atoms with van der Waals surface area (Å²) in [4.78, 5) is 30.1. The van der Waals surface area contributed by atoms with Crippen molar-refractivity contribution in [1.82, 2.24) is 20.6 Å². The van der Waals surface area contributed by atoms with Crippen LogP contribution in [0, 0.1) is 0 Å². The van der Waals surface area contributed by atoms with Crippen LogP contribution in [0.4, 0.5) is 4.79 Å². The number of amides is 2. The van der Waals surface area contributed by atoms with E-state index < -0.39 is 5.97 Å². The van der Waals surface area contributed by atoms with Crippen molar-refractivity contribution in [2.24, 2.45) is 0 Å². The zero-order chi connectivity index (χ0) is 14.4. The number of thiazole rings is 2. The highest BCUT2D eigenvalue weighted by molar-refractivity contribution is 7.10. The molecule has 0 aromatic carbocycles. The monoisotopic (exact) mass is 312 g/mol. The summed E-state index contributed by atoms with van der Waals surface area (Å²) in [7, 11) is 0. The van der Waals surface area contributed by atoms with Crippen molar-refractivity contribution in [2.75, 3.05) is 6.54 Å². The predicted molar refractivity (Wildman–Crippen MR) is 75.1 cm³/mol. The van der Waals surface area contributed by atoms with Gasteiger partial charge in [-0.05, 0) is 0 Å². The third-order valence-electron chi connectivity index (χ3n) is 2.28. The van der Waals surface area contributed by atoms with Gasteiger partial charge in [-0.3, -0.25) is 0 Å². The molecule has 2 aromatic rings. The second kappa shape index (κ2) is 6.96. The fraction of sp³-hybridized carbons (Fsp3) is 0.273. The van der Waals surface area contributed by atoms with E-state index in [4.69, 9.17) is 5.11 Å². The molecule has 7 nitrogen and oxygen atoms in total. The number of aromatic nitrogens is 2. The number of urea groups is 1. The lowest BCUT2D eigenvalue weighted by Crippen LogP contribution is -2.36. The van der Waals surface area contributed by atoms with E-state index in [-0.39, 0.29) is 18.3 Å². The summed E-state index contributed by atoms with van der Waals surface area (Å²) >= 11 is 2.74. The Bertz CT molecular complexity index is 582. The van der Waals surface area contributed by atoms with Crippen LogP contribution in [0.15, 0.2) is 17.0 Å². The minimum absolute atomic E-state index is 0.00372. The number of hydrogen-bond acceptors (Lipinski definition) is 6. The van der Waals surface area contributed by atoms with Gasteiger partial charge in [0, 0.05) is 29.9 Å².